The summed E-state index contributed by atoms with van der Waals surface area (Å²) in [6.45, 7) is 5.01. The van der Waals surface area contributed by atoms with Gasteiger partial charge in [-0.2, -0.15) is 0 Å². The molecular weight excluding hydrogens is 222 g/mol. The van der Waals surface area contributed by atoms with E-state index in [9.17, 15) is 0 Å². The Balaban J connectivity index is 2.84. The molecule has 1 heterocycles. The van der Waals surface area contributed by atoms with Crippen molar-refractivity contribution < 1.29 is 4.74 Å². The van der Waals surface area contributed by atoms with E-state index in [0.717, 1.165) is 32.5 Å². The molecule has 0 atom stereocenters. The number of rotatable bonds is 5. The highest BCUT2D eigenvalue weighted by Crippen LogP contribution is 2.37. The van der Waals surface area contributed by atoms with Gasteiger partial charge in [-0.05, 0) is 38.4 Å². The molecular formula is C13H22ClNO. The minimum absolute atomic E-state index is 0.178. The molecule has 0 spiro atoms. The summed E-state index contributed by atoms with van der Waals surface area (Å²) in [6.07, 6.45) is 8.61. The molecule has 16 heavy (non-hydrogen) atoms. The SMILES string of the molecule is C/C=C(\C=C/CCl)C1(COC)CCNCC1. The van der Waals surface area contributed by atoms with Gasteiger partial charge >= 0.3 is 0 Å². The molecule has 92 valence electrons. The lowest BCUT2D eigenvalue weighted by Gasteiger charge is -2.38. The number of piperidine rings is 1. The first-order valence-corrected chi connectivity index (χ1v) is 6.41. The van der Waals surface area contributed by atoms with Crippen molar-refractivity contribution in [3.05, 3.63) is 23.8 Å². The zero-order valence-corrected chi connectivity index (χ0v) is 11.0. The first kappa shape index (κ1) is 13.8. The molecule has 0 amide bonds. The second-order valence-electron chi connectivity index (χ2n) is 4.26. The predicted octanol–water partition coefficient (Wildman–Crippen LogP) is 2.74. The second kappa shape index (κ2) is 7.10. The summed E-state index contributed by atoms with van der Waals surface area (Å²) in [7, 11) is 1.78. The van der Waals surface area contributed by atoms with Crippen LogP contribution in [0.25, 0.3) is 0 Å². The summed E-state index contributed by atoms with van der Waals surface area (Å²) in [5.41, 5.74) is 1.54. The van der Waals surface area contributed by atoms with Crippen LogP contribution in [0.5, 0.6) is 0 Å². The van der Waals surface area contributed by atoms with Gasteiger partial charge in [-0.1, -0.05) is 18.2 Å². The fourth-order valence-electron chi connectivity index (χ4n) is 2.45. The van der Waals surface area contributed by atoms with Crippen molar-refractivity contribution >= 4 is 11.6 Å². The van der Waals surface area contributed by atoms with Gasteiger partial charge in [0.15, 0.2) is 0 Å². The van der Waals surface area contributed by atoms with Crippen LogP contribution in [0.2, 0.25) is 0 Å². The molecule has 1 aliphatic heterocycles. The molecule has 0 saturated carbocycles. The third kappa shape index (κ3) is 3.34. The van der Waals surface area contributed by atoms with Gasteiger partial charge in [0.05, 0.1) is 6.61 Å². The molecule has 3 heteroatoms. The maximum Gasteiger partial charge on any atom is 0.0559 e. The standard InChI is InChI=1S/C13H22ClNO/c1-3-12(5-4-8-14)13(11-16-2)6-9-15-10-7-13/h3-5,15H,6-11H2,1-2H3/b5-4-,12-3+. The Kier molecular flexibility index (Phi) is 6.10. The predicted molar refractivity (Wildman–Crippen MR) is 70.0 cm³/mol. The number of alkyl halides is 1. The van der Waals surface area contributed by atoms with Crippen LogP contribution < -0.4 is 5.32 Å². The summed E-state index contributed by atoms with van der Waals surface area (Å²) in [5, 5.41) is 3.40. The van der Waals surface area contributed by atoms with Crippen LogP contribution in [0.15, 0.2) is 23.8 Å². The molecule has 1 aliphatic rings. The van der Waals surface area contributed by atoms with Crippen molar-refractivity contribution in [1.82, 2.24) is 5.32 Å². The topological polar surface area (TPSA) is 21.3 Å². The first-order valence-electron chi connectivity index (χ1n) is 5.88. The average molecular weight is 244 g/mol. The second-order valence-corrected chi connectivity index (χ2v) is 4.57. The Labute approximate surface area is 104 Å². The lowest BCUT2D eigenvalue weighted by molar-refractivity contribution is 0.0827. The van der Waals surface area contributed by atoms with Gasteiger partial charge in [0.1, 0.15) is 0 Å². The zero-order chi connectivity index (χ0) is 11.9. The lowest BCUT2D eigenvalue weighted by atomic mass is 9.73. The maximum absolute atomic E-state index is 5.71. The summed E-state index contributed by atoms with van der Waals surface area (Å²) < 4.78 is 5.41. The van der Waals surface area contributed by atoms with Gasteiger partial charge in [0, 0.05) is 18.4 Å². The highest BCUT2D eigenvalue weighted by atomic mass is 35.5. The highest BCUT2D eigenvalue weighted by molar-refractivity contribution is 6.18. The van der Waals surface area contributed by atoms with Gasteiger partial charge in [0.25, 0.3) is 0 Å². The molecule has 0 radical (unpaired) electrons. The van der Waals surface area contributed by atoms with Crippen LogP contribution in [-0.4, -0.2) is 32.7 Å². The number of allylic oxidation sites excluding steroid dienone is 3. The van der Waals surface area contributed by atoms with Crippen LogP contribution in [0.3, 0.4) is 0 Å². The molecule has 0 unspecified atom stereocenters. The zero-order valence-electron chi connectivity index (χ0n) is 10.3. The van der Waals surface area contributed by atoms with E-state index in [2.05, 4.69) is 24.4 Å². The van der Waals surface area contributed by atoms with Crippen molar-refractivity contribution in [2.24, 2.45) is 5.41 Å². The summed E-state index contributed by atoms with van der Waals surface area (Å²) in [5.74, 6) is 0.568. The first-order chi connectivity index (χ1) is 7.79. The van der Waals surface area contributed by atoms with Crippen LogP contribution in [0, 0.1) is 5.41 Å². The van der Waals surface area contributed by atoms with Crippen LogP contribution >= 0.6 is 11.6 Å². The van der Waals surface area contributed by atoms with E-state index in [1.54, 1.807) is 7.11 Å². The van der Waals surface area contributed by atoms with Gasteiger partial charge in [-0.15, -0.1) is 11.6 Å². The minimum atomic E-state index is 0.178. The normalized spacial score (nSPS) is 21.6. The Morgan fingerprint density at radius 3 is 2.62 bits per heavy atom. The maximum atomic E-state index is 5.71. The molecule has 0 aromatic rings. The number of halogens is 1. The fourth-order valence-corrected chi connectivity index (χ4v) is 2.54. The molecule has 0 bridgehead atoms. The number of ether oxygens (including phenoxy) is 1. The van der Waals surface area contributed by atoms with E-state index < -0.39 is 0 Å². The van der Waals surface area contributed by atoms with E-state index in [4.69, 9.17) is 16.3 Å². The van der Waals surface area contributed by atoms with Gasteiger partial charge in [0.2, 0.25) is 0 Å². The summed E-state index contributed by atoms with van der Waals surface area (Å²) >= 11 is 5.71. The molecule has 0 aliphatic carbocycles. The molecule has 2 nitrogen and oxygen atoms in total. The van der Waals surface area contributed by atoms with Crippen LogP contribution in [0.1, 0.15) is 19.8 Å². The van der Waals surface area contributed by atoms with E-state index in [1.165, 1.54) is 5.57 Å². The Morgan fingerprint density at radius 2 is 2.12 bits per heavy atom. The van der Waals surface area contributed by atoms with Gasteiger partial charge in [-0.3, -0.25) is 0 Å². The van der Waals surface area contributed by atoms with E-state index in [-0.39, 0.29) is 5.41 Å². The van der Waals surface area contributed by atoms with Crippen molar-refractivity contribution in [3.8, 4) is 0 Å². The summed E-state index contributed by atoms with van der Waals surface area (Å²) in [4.78, 5) is 0. The van der Waals surface area contributed by atoms with E-state index in [0.29, 0.717) is 5.88 Å². The van der Waals surface area contributed by atoms with Crippen molar-refractivity contribution in [2.75, 3.05) is 32.7 Å². The average Bonchev–Trinajstić information content (AvgIpc) is 2.31. The quantitative estimate of drug-likeness (QED) is 0.592. The van der Waals surface area contributed by atoms with Gasteiger partial charge in [-0.25, -0.2) is 0 Å². The third-order valence-electron chi connectivity index (χ3n) is 3.29. The Bertz CT molecular complexity index is 249. The number of hydrogen-bond acceptors (Lipinski definition) is 2. The minimum Gasteiger partial charge on any atom is -0.384 e. The lowest BCUT2D eigenvalue weighted by Crippen LogP contribution is -2.40. The Morgan fingerprint density at radius 1 is 1.44 bits per heavy atom. The van der Waals surface area contributed by atoms with Crippen LogP contribution in [0.4, 0.5) is 0 Å². The van der Waals surface area contributed by atoms with Crippen LogP contribution in [-0.2, 0) is 4.74 Å². The van der Waals surface area contributed by atoms with Crippen molar-refractivity contribution in [3.63, 3.8) is 0 Å². The van der Waals surface area contributed by atoms with Gasteiger partial charge < -0.3 is 10.1 Å². The molecule has 1 N–H and O–H groups in total. The van der Waals surface area contributed by atoms with E-state index in [1.807, 2.05) is 6.08 Å². The highest BCUT2D eigenvalue weighted by Gasteiger charge is 2.34. The van der Waals surface area contributed by atoms with Crippen molar-refractivity contribution in [2.45, 2.75) is 19.8 Å². The monoisotopic (exact) mass is 243 g/mol. The smallest absolute Gasteiger partial charge is 0.0559 e. The molecule has 1 fully saturated rings. The van der Waals surface area contributed by atoms with E-state index >= 15 is 0 Å². The number of nitrogens with one attached hydrogen (secondary N) is 1. The third-order valence-corrected chi connectivity index (χ3v) is 3.47. The number of methoxy groups -OCH3 is 1. The molecule has 0 aromatic heterocycles. The molecule has 0 aromatic carbocycles. The molecule has 1 saturated heterocycles. The largest absolute Gasteiger partial charge is 0.384 e. The summed E-state index contributed by atoms with van der Waals surface area (Å²) in [6, 6.07) is 0. The molecule has 1 rings (SSSR count). The number of hydrogen-bond donors (Lipinski definition) is 1. The Hall–Kier alpha value is -0.310. The fraction of sp³-hybridized carbons (Fsp3) is 0.692. The van der Waals surface area contributed by atoms with Crippen molar-refractivity contribution in [1.29, 1.82) is 0 Å².